The molecule has 5 nitrogen and oxygen atoms in total. The lowest BCUT2D eigenvalue weighted by molar-refractivity contribution is -0.136. The molecule has 104 valence electrons. The molecule has 19 heavy (non-hydrogen) atoms. The Morgan fingerprint density at radius 3 is 2.68 bits per heavy atom. The van der Waals surface area contributed by atoms with Crippen LogP contribution in [0.4, 0.5) is 11.5 Å². The number of aromatic nitrogens is 1. The Kier molecular flexibility index (Phi) is 3.47. The zero-order chi connectivity index (χ0) is 14.4. The zero-order valence-electron chi connectivity index (χ0n) is 11.7. The van der Waals surface area contributed by atoms with Crippen molar-refractivity contribution < 1.29 is 4.79 Å². The van der Waals surface area contributed by atoms with E-state index in [9.17, 15) is 4.79 Å². The molecular formula is C13H19BrN4O. The number of hydrogen-bond donors (Lipinski definition) is 1. The maximum absolute atomic E-state index is 12.3. The number of carbonyl (C=O) groups is 1. The summed E-state index contributed by atoms with van der Waals surface area (Å²) in [6, 6.07) is 0. The van der Waals surface area contributed by atoms with Crippen molar-refractivity contribution >= 4 is 33.3 Å². The molecule has 2 heterocycles. The molecule has 1 fully saturated rings. The van der Waals surface area contributed by atoms with Crippen molar-refractivity contribution in [3.8, 4) is 0 Å². The van der Waals surface area contributed by atoms with E-state index < -0.39 is 5.54 Å². The lowest BCUT2D eigenvalue weighted by atomic mass is 9.97. The molecule has 0 saturated carbocycles. The summed E-state index contributed by atoms with van der Waals surface area (Å²) in [5, 5.41) is 0. The number of rotatable bonds is 1. The second-order valence-corrected chi connectivity index (χ2v) is 6.21. The average Bonchev–Trinajstić information content (AvgIpc) is 2.35. The van der Waals surface area contributed by atoms with Crippen LogP contribution < -0.4 is 10.6 Å². The molecule has 1 saturated heterocycles. The van der Waals surface area contributed by atoms with E-state index in [4.69, 9.17) is 5.73 Å². The SMILES string of the molecule is Cc1c(N)cnc(N2CCN(C)C(=O)C2(C)C)c1Br. The van der Waals surface area contributed by atoms with E-state index in [0.29, 0.717) is 12.2 Å². The first-order valence-corrected chi connectivity index (χ1v) is 7.00. The van der Waals surface area contributed by atoms with E-state index in [1.54, 1.807) is 11.1 Å². The summed E-state index contributed by atoms with van der Waals surface area (Å²) in [5.74, 6) is 0.875. The summed E-state index contributed by atoms with van der Waals surface area (Å²) in [6.45, 7) is 7.23. The van der Waals surface area contributed by atoms with Crippen molar-refractivity contribution in [2.24, 2.45) is 0 Å². The number of nitrogen functional groups attached to an aromatic ring is 1. The summed E-state index contributed by atoms with van der Waals surface area (Å²) >= 11 is 3.54. The lowest BCUT2D eigenvalue weighted by Crippen LogP contribution is -2.62. The first-order chi connectivity index (χ1) is 8.76. The monoisotopic (exact) mass is 326 g/mol. The predicted molar refractivity (Wildman–Crippen MR) is 80.1 cm³/mol. The van der Waals surface area contributed by atoms with Crippen LogP contribution in [0.1, 0.15) is 19.4 Å². The van der Waals surface area contributed by atoms with Crippen molar-refractivity contribution in [2.45, 2.75) is 26.3 Å². The molecule has 1 aliphatic heterocycles. The van der Waals surface area contributed by atoms with Crippen molar-refractivity contribution in [1.82, 2.24) is 9.88 Å². The molecule has 0 spiro atoms. The van der Waals surface area contributed by atoms with Gasteiger partial charge in [-0.3, -0.25) is 4.79 Å². The standard InChI is InChI=1S/C13H19BrN4O/c1-8-9(15)7-16-11(10(8)14)18-6-5-17(4)12(19)13(18,2)3/h7H,5-6,15H2,1-4H3. The third-order valence-electron chi connectivity index (χ3n) is 3.74. The van der Waals surface area contributed by atoms with Crippen LogP contribution >= 0.6 is 15.9 Å². The van der Waals surface area contributed by atoms with E-state index in [1.807, 2.05) is 32.7 Å². The van der Waals surface area contributed by atoms with E-state index in [2.05, 4.69) is 20.9 Å². The third-order valence-corrected chi connectivity index (χ3v) is 4.69. The topological polar surface area (TPSA) is 62.5 Å². The quantitative estimate of drug-likeness (QED) is 0.854. The Labute approximate surface area is 121 Å². The minimum atomic E-state index is -0.606. The van der Waals surface area contributed by atoms with Crippen molar-refractivity contribution in [2.75, 3.05) is 30.8 Å². The number of likely N-dealkylation sites (N-methyl/N-ethyl adjacent to an activating group) is 1. The molecule has 1 aromatic heterocycles. The highest BCUT2D eigenvalue weighted by Gasteiger charge is 2.41. The van der Waals surface area contributed by atoms with Crippen LogP contribution in [0.2, 0.25) is 0 Å². The molecule has 6 heteroatoms. The lowest BCUT2D eigenvalue weighted by Gasteiger charge is -2.45. The molecule has 2 rings (SSSR count). The van der Waals surface area contributed by atoms with Crippen LogP contribution in [0.5, 0.6) is 0 Å². The van der Waals surface area contributed by atoms with Crippen molar-refractivity contribution in [3.63, 3.8) is 0 Å². The van der Waals surface area contributed by atoms with Gasteiger partial charge in [0.2, 0.25) is 5.91 Å². The minimum Gasteiger partial charge on any atom is -0.397 e. The highest BCUT2D eigenvalue weighted by atomic mass is 79.9. The molecule has 0 unspecified atom stereocenters. The predicted octanol–water partition coefficient (Wildman–Crippen LogP) is 1.79. The Bertz CT molecular complexity index is 530. The number of anilines is 2. The number of nitrogens with two attached hydrogens (primary N) is 1. The number of hydrogen-bond acceptors (Lipinski definition) is 4. The van der Waals surface area contributed by atoms with Crippen molar-refractivity contribution in [1.29, 1.82) is 0 Å². The van der Waals surface area contributed by atoms with Gasteiger partial charge in [0.05, 0.1) is 16.4 Å². The Hall–Kier alpha value is -1.30. The van der Waals surface area contributed by atoms with Crippen LogP contribution in [0.3, 0.4) is 0 Å². The Morgan fingerprint density at radius 2 is 2.05 bits per heavy atom. The number of pyridine rings is 1. The van der Waals surface area contributed by atoms with Gasteiger partial charge in [0.15, 0.2) is 0 Å². The maximum Gasteiger partial charge on any atom is 0.247 e. The van der Waals surface area contributed by atoms with Crippen LogP contribution in [0.25, 0.3) is 0 Å². The Morgan fingerprint density at radius 1 is 1.42 bits per heavy atom. The number of carbonyl (C=O) groups excluding carboxylic acids is 1. The van der Waals surface area contributed by atoms with E-state index in [0.717, 1.165) is 22.4 Å². The molecule has 0 bridgehead atoms. The van der Waals surface area contributed by atoms with Gasteiger partial charge in [0, 0.05) is 20.1 Å². The van der Waals surface area contributed by atoms with Gasteiger partial charge in [0.25, 0.3) is 0 Å². The van der Waals surface area contributed by atoms with E-state index in [1.165, 1.54) is 0 Å². The van der Waals surface area contributed by atoms with Crippen LogP contribution in [-0.4, -0.2) is 41.5 Å². The van der Waals surface area contributed by atoms with Crippen LogP contribution in [-0.2, 0) is 4.79 Å². The van der Waals surface area contributed by atoms with Gasteiger partial charge >= 0.3 is 0 Å². The highest BCUT2D eigenvalue weighted by Crippen LogP contribution is 2.35. The van der Waals surface area contributed by atoms with Crippen molar-refractivity contribution in [3.05, 3.63) is 16.2 Å². The second kappa shape index (κ2) is 4.67. The molecule has 0 aromatic carbocycles. The van der Waals surface area contributed by atoms with E-state index in [-0.39, 0.29) is 5.91 Å². The minimum absolute atomic E-state index is 0.0990. The smallest absolute Gasteiger partial charge is 0.247 e. The van der Waals surface area contributed by atoms with Gasteiger partial charge in [-0.15, -0.1) is 0 Å². The normalized spacial score (nSPS) is 18.9. The number of piperazine rings is 1. The Balaban J connectivity index is 2.48. The third kappa shape index (κ3) is 2.18. The van der Waals surface area contributed by atoms with Gasteiger partial charge in [0.1, 0.15) is 11.4 Å². The van der Waals surface area contributed by atoms with Gasteiger partial charge in [-0.2, -0.15) is 0 Å². The fourth-order valence-corrected chi connectivity index (χ4v) is 2.90. The first-order valence-electron chi connectivity index (χ1n) is 6.20. The molecule has 0 atom stereocenters. The summed E-state index contributed by atoms with van der Waals surface area (Å²) < 4.78 is 0.859. The molecule has 1 aliphatic rings. The van der Waals surface area contributed by atoms with Gasteiger partial charge in [-0.05, 0) is 42.3 Å². The molecule has 0 aliphatic carbocycles. The zero-order valence-corrected chi connectivity index (χ0v) is 13.3. The maximum atomic E-state index is 12.3. The first kappa shape index (κ1) is 14.1. The molecular weight excluding hydrogens is 308 g/mol. The average molecular weight is 327 g/mol. The summed E-state index contributed by atoms with van der Waals surface area (Å²) in [6.07, 6.45) is 1.65. The molecule has 1 aromatic rings. The second-order valence-electron chi connectivity index (χ2n) is 5.41. The fraction of sp³-hybridized carbons (Fsp3) is 0.538. The molecule has 1 amide bonds. The van der Waals surface area contributed by atoms with Gasteiger partial charge in [-0.1, -0.05) is 0 Å². The highest BCUT2D eigenvalue weighted by molar-refractivity contribution is 9.10. The van der Waals surface area contributed by atoms with Gasteiger partial charge < -0.3 is 15.5 Å². The molecule has 0 radical (unpaired) electrons. The summed E-state index contributed by atoms with van der Waals surface area (Å²) in [7, 11) is 1.83. The largest absolute Gasteiger partial charge is 0.397 e. The summed E-state index contributed by atoms with van der Waals surface area (Å²) in [4.78, 5) is 20.5. The number of amides is 1. The molecule has 2 N–H and O–H groups in total. The van der Waals surface area contributed by atoms with Crippen LogP contribution in [0, 0.1) is 6.92 Å². The number of nitrogens with zero attached hydrogens (tertiary/aromatic N) is 3. The summed E-state index contributed by atoms with van der Waals surface area (Å²) in [5.41, 5.74) is 6.84. The van der Waals surface area contributed by atoms with Crippen LogP contribution in [0.15, 0.2) is 10.7 Å². The number of halogens is 1. The van der Waals surface area contributed by atoms with E-state index >= 15 is 0 Å². The van der Waals surface area contributed by atoms with Gasteiger partial charge in [-0.25, -0.2) is 4.98 Å². The fourth-order valence-electron chi connectivity index (χ4n) is 2.35.